The quantitative estimate of drug-likeness (QED) is 0.566. The van der Waals surface area contributed by atoms with Crippen LogP contribution in [-0.4, -0.2) is 23.2 Å². The van der Waals surface area contributed by atoms with E-state index in [2.05, 4.69) is 0 Å². The van der Waals surface area contributed by atoms with Gasteiger partial charge in [0.05, 0.1) is 6.61 Å². The Balaban J connectivity index is 4.06. The largest absolute Gasteiger partial charge is 0.330 e. The number of rotatable bonds is 5. The Morgan fingerprint density at radius 2 is 1.77 bits per heavy atom. The normalized spacial score (nSPS) is 17.0. The van der Waals surface area contributed by atoms with Gasteiger partial charge in [0.25, 0.3) is 0 Å². The minimum atomic E-state index is -2.22. The topological polar surface area (TPSA) is 18.5 Å². The van der Waals surface area contributed by atoms with Gasteiger partial charge in [-0.3, -0.25) is 0 Å². The summed E-state index contributed by atoms with van der Waals surface area (Å²) in [6, 6.07) is 0. The Hall–Kier alpha value is 1.44. The van der Waals surface area contributed by atoms with Gasteiger partial charge >= 0.3 is 0 Å². The van der Waals surface area contributed by atoms with Crippen LogP contribution in [0.2, 0.25) is 0 Å². The molecule has 0 aromatic heterocycles. The molecule has 0 spiro atoms. The van der Waals surface area contributed by atoms with Crippen LogP contribution >= 0.6 is 41.3 Å². The molecule has 0 rings (SSSR count). The van der Waals surface area contributed by atoms with E-state index < -0.39 is 10.3 Å². The second kappa shape index (κ2) is 6.12. The lowest BCUT2D eigenvalue weighted by Gasteiger charge is -2.22. The molecular weight excluding hydrogens is 273 g/mol. The van der Waals surface area contributed by atoms with Crippen molar-refractivity contribution in [3.63, 3.8) is 0 Å². The molecule has 0 aromatic rings. The van der Waals surface area contributed by atoms with Crippen molar-refractivity contribution in [1.82, 2.24) is 0 Å². The van der Waals surface area contributed by atoms with Gasteiger partial charge in [-0.15, -0.1) is 0 Å². The number of hydrogen-bond acceptors (Lipinski definition) is 3. The van der Waals surface area contributed by atoms with Crippen LogP contribution in [0.3, 0.4) is 0 Å². The van der Waals surface area contributed by atoms with Crippen molar-refractivity contribution < 1.29 is 9.05 Å². The fourth-order valence-electron chi connectivity index (χ4n) is 0.588. The highest BCUT2D eigenvalue weighted by Crippen LogP contribution is 2.49. The lowest BCUT2D eigenvalue weighted by Crippen LogP contribution is -2.13. The molecule has 0 radical (unpaired) electrons. The summed E-state index contributed by atoms with van der Waals surface area (Å²) in [5, 5.41) is 0. The maximum Gasteiger partial charge on any atom is 0.213 e. The Morgan fingerprint density at radius 3 is 2.08 bits per heavy atom. The van der Waals surface area contributed by atoms with Crippen molar-refractivity contribution in [2.75, 3.05) is 19.4 Å². The molecule has 13 heavy (non-hydrogen) atoms. The van der Waals surface area contributed by atoms with Gasteiger partial charge in [0, 0.05) is 6.16 Å². The van der Waals surface area contributed by atoms with Gasteiger partial charge < -0.3 is 9.05 Å². The van der Waals surface area contributed by atoms with Gasteiger partial charge in [-0.2, -0.15) is 0 Å². The van der Waals surface area contributed by atoms with Crippen molar-refractivity contribution in [2.45, 2.75) is 17.6 Å². The molecule has 0 N–H and O–H groups in total. The van der Waals surface area contributed by atoms with Gasteiger partial charge in [0.1, 0.15) is 6.61 Å². The zero-order chi connectivity index (χ0) is 10.5. The van der Waals surface area contributed by atoms with Crippen LogP contribution in [0.15, 0.2) is 0 Å². The fraction of sp³-hybridized carbons (Fsp3) is 1.00. The number of halogens is 3. The summed E-state index contributed by atoms with van der Waals surface area (Å²) in [6.07, 6.45) is 0.636. The maximum absolute atomic E-state index is 5.52. The Kier molecular flexibility index (Phi) is 6.79. The van der Waals surface area contributed by atoms with Crippen LogP contribution < -0.4 is 0 Å². The minimum absolute atomic E-state index is 0.0250. The van der Waals surface area contributed by atoms with Gasteiger partial charge in [0.15, 0.2) is 6.49 Å². The summed E-state index contributed by atoms with van der Waals surface area (Å²) in [4.78, 5) is 0. The lowest BCUT2D eigenvalue weighted by molar-refractivity contribution is 0.261. The second-order valence-corrected chi connectivity index (χ2v) is 8.79. The lowest BCUT2D eigenvalue weighted by atomic mass is 10.9. The molecule has 0 bridgehead atoms. The van der Waals surface area contributed by atoms with E-state index >= 15 is 0 Å². The first-order chi connectivity index (χ1) is 5.83. The third kappa shape index (κ3) is 7.38. The molecule has 0 heterocycles. The van der Waals surface area contributed by atoms with Crippen LogP contribution in [0.1, 0.15) is 13.8 Å². The molecule has 0 aliphatic carbocycles. The van der Waals surface area contributed by atoms with Crippen LogP contribution in [0.4, 0.5) is 0 Å². The van der Waals surface area contributed by atoms with E-state index in [0.717, 1.165) is 0 Å². The highest BCUT2D eigenvalue weighted by atomic mass is 35.6. The smallest absolute Gasteiger partial charge is 0.213 e. The molecule has 0 amide bonds. The fourth-order valence-corrected chi connectivity index (χ4v) is 2.68. The summed E-state index contributed by atoms with van der Waals surface area (Å²) in [5.41, 5.74) is 0. The molecule has 0 aromatic carbocycles. The molecule has 7 heteroatoms. The van der Waals surface area contributed by atoms with Gasteiger partial charge in [0.2, 0.25) is 3.79 Å². The maximum atomic E-state index is 5.52. The predicted octanol–water partition coefficient (Wildman–Crippen LogP) is 3.74. The van der Waals surface area contributed by atoms with E-state index in [0.29, 0.717) is 12.8 Å². The average Bonchev–Trinajstić information content (AvgIpc) is 2.01. The Morgan fingerprint density at radius 1 is 1.23 bits per heavy atom. The summed E-state index contributed by atoms with van der Waals surface area (Å²) in [7, 11) is 0. The summed E-state index contributed by atoms with van der Waals surface area (Å²) in [5.74, 6) is 0. The molecular formula is C6H12Cl3O2PS. The first kappa shape index (κ1) is 14.4. The van der Waals surface area contributed by atoms with Gasteiger partial charge in [-0.05, 0) is 18.7 Å². The van der Waals surface area contributed by atoms with E-state index in [4.69, 9.17) is 55.7 Å². The van der Waals surface area contributed by atoms with Crippen LogP contribution in [0, 0.1) is 0 Å². The third-order valence-corrected chi connectivity index (χ3v) is 4.82. The van der Waals surface area contributed by atoms with E-state index in [1.165, 1.54) is 0 Å². The first-order valence-corrected chi connectivity index (χ1v) is 7.73. The van der Waals surface area contributed by atoms with Crippen molar-refractivity contribution in [1.29, 1.82) is 0 Å². The zero-order valence-corrected chi connectivity index (χ0v) is 11.4. The van der Waals surface area contributed by atoms with Crippen molar-refractivity contribution in [3.05, 3.63) is 0 Å². The molecule has 1 atom stereocenters. The van der Waals surface area contributed by atoms with Gasteiger partial charge in [-0.25, -0.2) is 0 Å². The average molecular weight is 286 g/mol. The van der Waals surface area contributed by atoms with Crippen molar-refractivity contribution in [2.24, 2.45) is 0 Å². The summed E-state index contributed by atoms with van der Waals surface area (Å²) < 4.78 is 9.17. The highest BCUT2D eigenvalue weighted by molar-refractivity contribution is 8.09. The molecule has 0 saturated carbocycles. The Bertz CT molecular complexity index is 195. The molecule has 0 aliphatic rings. The number of hydrogen-bond donors (Lipinski definition) is 0. The molecule has 2 nitrogen and oxygen atoms in total. The van der Waals surface area contributed by atoms with Crippen molar-refractivity contribution in [3.8, 4) is 0 Å². The van der Waals surface area contributed by atoms with Gasteiger partial charge in [-0.1, -0.05) is 41.7 Å². The SMILES string of the molecule is CCOP(=S)(CC)OCC(Cl)(Cl)Cl. The molecule has 0 saturated heterocycles. The molecule has 0 fully saturated rings. The second-order valence-electron chi connectivity index (χ2n) is 2.23. The monoisotopic (exact) mass is 284 g/mol. The zero-order valence-electron chi connectivity index (χ0n) is 7.43. The van der Waals surface area contributed by atoms with E-state index in [1.807, 2.05) is 13.8 Å². The highest BCUT2D eigenvalue weighted by Gasteiger charge is 2.25. The third-order valence-electron chi connectivity index (χ3n) is 1.14. The van der Waals surface area contributed by atoms with E-state index in [9.17, 15) is 0 Å². The first-order valence-electron chi connectivity index (χ1n) is 3.78. The standard InChI is InChI=1S/C6H12Cl3O2PS/c1-3-10-12(13,4-2)11-5-6(7,8)9/h3-5H2,1-2H3. The Labute approximate surface area is 99.0 Å². The van der Waals surface area contributed by atoms with Crippen LogP contribution in [-0.2, 0) is 20.9 Å². The molecule has 80 valence electrons. The summed E-state index contributed by atoms with van der Waals surface area (Å²) >= 11 is 21.7. The summed E-state index contributed by atoms with van der Waals surface area (Å²) in [6.45, 7) is 2.03. The van der Waals surface area contributed by atoms with E-state index in [-0.39, 0.29) is 6.61 Å². The van der Waals surface area contributed by atoms with Crippen LogP contribution in [0.25, 0.3) is 0 Å². The van der Waals surface area contributed by atoms with Crippen molar-refractivity contribution >= 4 is 53.1 Å². The number of alkyl halides is 3. The molecule has 0 aliphatic heterocycles. The van der Waals surface area contributed by atoms with Crippen LogP contribution in [0.5, 0.6) is 0 Å². The molecule has 1 unspecified atom stereocenters. The minimum Gasteiger partial charge on any atom is -0.330 e. The van der Waals surface area contributed by atoms with E-state index in [1.54, 1.807) is 0 Å². The predicted molar refractivity (Wildman–Crippen MR) is 62.7 cm³/mol.